The van der Waals surface area contributed by atoms with E-state index in [9.17, 15) is 0 Å². The van der Waals surface area contributed by atoms with E-state index in [2.05, 4.69) is 101 Å². The fourth-order valence-corrected chi connectivity index (χ4v) is 4.06. The SMILES string of the molecule is C1=[NH+]c2ccccc2C1C(c1ccccc1)c1c[nH]c2ccccc12. The first kappa shape index (κ1) is 14.2. The molecule has 1 aliphatic rings. The molecule has 0 saturated heterocycles. The summed E-state index contributed by atoms with van der Waals surface area (Å²) in [5.41, 5.74) is 6.46. The predicted molar refractivity (Wildman–Crippen MR) is 102 cm³/mol. The number of aromatic nitrogens is 1. The monoisotopic (exact) mass is 323 g/mol. The molecule has 120 valence electrons. The number of hydrogen-bond acceptors (Lipinski definition) is 0. The largest absolute Gasteiger partial charge is 0.361 e. The molecule has 25 heavy (non-hydrogen) atoms. The maximum Gasteiger partial charge on any atom is 0.207 e. The van der Waals surface area contributed by atoms with Gasteiger partial charge in [0, 0.05) is 34.6 Å². The highest BCUT2D eigenvalue weighted by atomic mass is 14.8. The molecular weight excluding hydrogens is 304 g/mol. The molecule has 1 aliphatic heterocycles. The summed E-state index contributed by atoms with van der Waals surface area (Å²) in [7, 11) is 0. The lowest BCUT2D eigenvalue weighted by Gasteiger charge is -2.21. The normalized spacial score (nSPS) is 16.9. The van der Waals surface area contributed by atoms with Crippen molar-refractivity contribution >= 4 is 22.8 Å². The van der Waals surface area contributed by atoms with E-state index in [-0.39, 0.29) is 5.92 Å². The average Bonchev–Trinajstić information content (AvgIpc) is 3.29. The summed E-state index contributed by atoms with van der Waals surface area (Å²) in [6.07, 6.45) is 4.42. The second kappa shape index (κ2) is 5.75. The molecule has 0 aliphatic carbocycles. The molecule has 0 saturated carbocycles. The van der Waals surface area contributed by atoms with Crippen LogP contribution in [0, 0.1) is 0 Å². The zero-order valence-electron chi connectivity index (χ0n) is 13.8. The number of benzene rings is 3. The molecule has 2 N–H and O–H groups in total. The molecule has 0 spiro atoms. The van der Waals surface area contributed by atoms with Crippen LogP contribution >= 0.6 is 0 Å². The molecular formula is C23H19N2+. The number of H-pyrrole nitrogens is 1. The Labute approximate surface area is 146 Å². The van der Waals surface area contributed by atoms with E-state index < -0.39 is 0 Å². The van der Waals surface area contributed by atoms with Crippen LogP contribution in [0.4, 0.5) is 5.69 Å². The molecule has 5 rings (SSSR count). The van der Waals surface area contributed by atoms with Crippen LogP contribution in [0.5, 0.6) is 0 Å². The highest BCUT2D eigenvalue weighted by Gasteiger charge is 2.34. The fraction of sp³-hybridized carbons (Fsp3) is 0.0870. The topological polar surface area (TPSA) is 29.8 Å². The molecule has 2 heteroatoms. The Hall–Kier alpha value is -3.13. The van der Waals surface area contributed by atoms with Crippen molar-refractivity contribution < 1.29 is 4.99 Å². The molecule has 4 aromatic rings. The van der Waals surface area contributed by atoms with Crippen LogP contribution in [0.15, 0.2) is 85.1 Å². The van der Waals surface area contributed by atoms with Crippen molar-refractivity contribution in [3.63, 3.8) is 0 Å². The summed E-state index contributed by atoms with van der Waals surface area (Å²) in [6.45, 7) is 0. The van der Waals surface area contributed by atoms with Gasteiger partial charge >= 0.3 is 0 Å². The zero-order valence-corrected chi connectivity index (χ0v) is 13.8. The van der Waals surface area contributed by atoms with Gasteiger partial charge in [-0.1, -0.05) is 66.7 Å². The van der Waals surface area contributed by atoms with Crippen LogP contribution in [0.2, 0.25) is 0 Å². The third-order valence-electron chi connectivity index (χ3n) is 5.21. The minimum absolute atomic E-state index is 0.272. The molecule has 3 aromatic carbocycles. The molecule has 2 atom stereocenters. The first-order chi connectivity index (χ1) is 12.4. The Balaban J connectivity index is 1.73. The first-order valence-electron chi connectivity index (χ1n) is 8.71. The van der Waals surface area contributed by atoms with Gasteiger partial charge in [-0.25, -0.2) is 4.99 Å². The maximum absolute atomic E-state index is 3.48. The van der Waals surface area contributed by atoms with Crippen LogP contribution in [0.3, 0.4) is 0 Å². The van der Waals surface area contributed by atoms with Gasteiger partial charge in [0.05, 0.1) is 5.92 Å². The third-order valence-corrected chi connectivity index (χ3v) is 5.21. The fourth-order valence-electron chi connectivity index (χ4n) is 4.06. The van der Waals surface area contributed by atoms with E-state index in [1.807, 2.05) is 0 Å². The quantitative estimate of drug-likeness (QED) is 0.573. The lowest BCUT2D eigenvalue weighted by Crippen LogP contribution is -2.59. The highest BCUT2D eigenvalue weighted by molar-refractivity contribution is 5.86. The summed E-state index contributed by atoms with van der Waals surface area (Å²) in [5.74, 6) is 0.575. The van der Waals surface area contributed by atoms with Gasteiger partial charge in [-0.3, -0.25) is 0 Å². The lowest BCUT2D eigenvalue weighted by molar-refractivity contribution is -0.344. The Kier molecular flexibility index (Phi) is 3.27. The van der Waals surface area contributed by atoms with Gasteiger partial charge in [0.15, 0.2) is 6.21 Å². The number of fused-ring (bicyclic) bond motifs is 2. The van der Waals surface area contributed by atoms with E-state index in [0.717, 1.165) is 0 Å². The van der Waals surface area contributed by atoms with Gasteiger partial charge < -0.3 is 4.98 Å². The molecule has 0 bridgehead atoms. The van der Waals surface area contributed by atoms with Gasteiger partial charge in [0.1, 0.15) is 0 Å². The van der Waals surface area contributed by atoms with E-state index in [0.29, 0.717) is 5.92 Å². The minimum atomic E-state index is 0.272. The lowest BCUT2D eigenvalue weighted by atomic mass is 9.78. The smallest absolute Gasteiger partial charge is 0.207 e. The van der Waals surface area contributed by atoms with Crippen molar-refractivity contribution in [3.8, 4) is 0 Å². The number of aromatic amines is 1. The molecule has 1 aromatic heterocycles. The Morgan fingerprint density at radius 3 is 2.48 bits per heavy atom. The predicted octanol–water partition coefficient (Wildman–Crippen LogP) is 3.88. The third kappa shape index (κ3) is 2.30. The van der Waals surface area contributed by atoms with Crippen molar-refractivity contribution in [2.75, 3.05) is 0 Å². The van der Waals surface area contributed by atoms with Crippen molar-refractivity contribution in [1.29, 1.82) is 0 Å². The molecule has 2 unspecified atom stereocenters. The minimum Gasteiger partial charge on any atom is -0.361 e. The van der Waals surface area contributed by atoms with E-state index >= 15 is 0 Å². The summed E-state index contributed by atoms with van der Waals surface area (Å²) < 4.78 is 0. The van der Waals surface area contributed by atoms with Gasteiger partial charge in [0.25, 0.3) is 0 Å². The van der Waals surface area contributed by atoms with Crippen LogP contribution in [0.25, 0.3) is 10.9 Å². The average molecular weight is 323 g/mol. The van der Waals surface area contributed by atoms with Crippen molar-refractivity contribution in [1.82, 2.24) is 4.98 Å². The molecule has 2 heterocycles. The maximum atomic E-state index is 3.48. The summed E-state index contributed by atoms with van der Waals surface area (Å²) in [5, 5.41) is 1.30. The summed E-state index contributed by atoms with van der Waals surface area (Å²) in [6, 6.07) is 28.0. The van der Waals surface area contributed by atoms with Crippen LogP contribution in [-0.4, -0.2) is 11.2 Å². The Bertz CT molecular complexity index is 1060. The first-order valence-corrected chi connectivity index (χ1v) is 8.71. The number of para-hydroxylation sites is 2. The number of hydrogen-bond donors (Lipinski definition) is 2. The highest BCUT2D eigenvalue weighted by Crippen LogP contribution is 2.42. The van der Waals surface area contributed by atoms with Gasteiger partial charge in [0.2, 0.25) is 5.69 Å². The zero-order chi connectivity index (χ0) is 16.6. The molecule has 2 nitrogen and oxygen atoms in total. The van der Waals surface area contributed by atoms with E-state index in [1.54, 1.807) is 0 Å². The second-order valence-corrected chi connectivity index (χ2v) is 6.60. The van der Waals surface area contributed by atoms with Gasteiger partial charge in [-0.05, 0) is 17.2 Å². The molecule has 0 fully saturated rings. The summed E-state index contributed by atoms with van der Waals surface area (Å²) in [4.78, 5) is 6.93. The number of nitrogens with one attached hydrogen (secondary N) is 2. The van der Waals surface area contributed by atoms with Gasteiger partial charge in [-0.15, -0.1) is 0 Å². The van der Waals surface area contributed by atoms with E-state index in [4.69, 9.17) is 0 Å². The molecule has 0 amide bonds. The van der Waals surface area contributed by atoms with Crippen molar-refractivity contribution in [2.24, 2.45) is 0 Å². The Morgan fingerprint density at radius 2 is 1.56 bits per heavy atom. The van der Waals surface area contributed by atoms with Crippen molar-refractivity contribution in [3.05, 3.63) is 102 Å². The van der Waals surface area contributed by atoms with Crippen LogP contribution < -0.4 is 4.99 Å². The Morgan fingerprint density at radius 1 is 0.800 bits per heavy atom. The van der Waals surface area contributed by atoms with Crippen LogP contribution in [-0.2, 0) is 0 Å². The van der Waals surface area contributed by atoms with Crippen molar-refractivity contribution in [2.45, 2.75) is 11.8 Å². The summed E-state index contributed by atoms with van der Waals surface area (Å²) >= 11 is 0. The molecule has 0 radical (unpaired) electrons. The number of rotatable bonds is 3. The van der Waals surface area contributed by atoms with Gasteiger partial charge in [-0.2, -0.15) is 0 Å². The van der Waals surface area contributed by atoms with E-state index in [1.165, 1.54) is 33.3 Å². The second-order valence-electron chi connectivity index (χ2n) is 6.60. The standard InChI is InChI=1S/C23H18N2/c1-2-8-16(9-3-1)23(19-14-24-21-12-6-4-10-17(19)21)20-15-25-22-13-7-5-11-18(20)22/h1-15,19,23,25H/p+1. The van der Waals surface area contributed by atoms with Crippen LogP contribution in [0.1, 0.15) is 28.5 Å².